The molecule has 4 aliphatic rings. The summed E-state index contributed by atoms with van der Waals surface area (Å²) in [5, 5.41) is 3.39. The second-order valence-electron chi connectivity index (χ2n) is 10.8. The maximum atomic E-state index is 14.2. The Hall–Kier alpha value is -1.84. The van der Waals surface area contributed by atoms with Gasteiger partial charge in [-0.15, -0.1) is 0 Å². The SMILES string of the molecule is COC1CCC2(CC1)Cc1ccc(OCC3CC3)cc1C21NC(C)(N)N(CCC(F)(F)F)C1=O. The van der Waals surface area contributed by atoms with Gasteiger partial charge >= 0.3 is 6.18 Å². The van der Waals surface area contributed by atoms with Crippen molar-refractivity contribution in [3.63, 3.8) is 0 Å². The molecule has 1 saturated heterocycles. The summed E-state index contributed by atoms with van der Waals surface area (Å²) >= 11 is 0. The zero-order valence-corrected chi connectivity index (χ0v) is 19.8. The van der Waals surface area contributed by atoms with Gasteiger partial charge in [-0.3, -0.25) is 15.8 Å². The van der Waals surface area contributed by atoms with Crippen LogP contribution in [0.4, 0.5) is 13.2 Å². The average molecular weight is 482 g/mol. The summed E-state index contributed by atoms with van der Waals surface area (Å²) in [4.78, 5) is 15.4. The summed E-state index contributed by atoms with van der Waals surface area (Å²) in [6, 6.07) is 5.87. The number of hydrogen-bond acceptors (Lipinski definition) is 5. The molecule has 5 rings (SSSR count). The summed E-state index contributed by atoms with van der Waals surface area (Å²) in [7, 11) is 1.69. The van der Waals surface area contributed by atoms with Crippen molar-refractivity contribution in [1.29, 1.82) is 0 Å². The highest BCUT2D eigenvalue weighted by Crippen LogP contribution is 2.61. The zero-order valence-electron chi connectivity index (χ0n) is 19.8. The highest BCUT2D eigenvalue weighted by molar-refractivity contribution is 5.93. The van der Waals surface area contributed by atoms with Crippen LogP contribution in [0.2, 0.25) is 0 Å². The first-order valence-corrected chi connectivity index (χ1v) is 12.3. The van der Waals surface area contributed by atoms with Gasteiger partial charge in [-0.2, -0.15) is 13.2 Å². The lowest BCUT2D eigenvalue weighted by Gasteiger charge is -2.47. The first-order valence-electron chi connectivity index (χ1n) is 12.3. The number of ether oxygens (including phenoxy) is 2. The van der Waals surface area contributed by atoms with E-state index >= 15 is 0 Å². The predicted molar refractivity (Wildman–Crippen MR) is 120 cm³/mol. The molecule has 1 aliphatic heterocycles. The lowest BCUT2D eigenvalue weighted by molar-refractivity contribution is -0.150. The van der Waals surface area contributed by atoms with Gasteiger partial charge in [0.1, 0.15) is 17.1 Å². The average Bonchev–Trinajstić information content (AvgIpc) is 3.53. The molecular formula is C25H34F3N3O3. The van der Waals surface area contributed by atoms with E-state index in [-0.39, 0.29) is 12.0 Å². The maximum Gasteiger partial charge on any atom is 0.390 e. The second kappa shape index (κ2) is 8.10. The normalized spacial score (nSPS) is 35.4. The fourth-order valence-corrected chi connectivity index (χ4v) is 6.39. The van der Waals surface area contributed by atoms with Crippen LogP contribution in [0.5, 0.6) is 5.75 Å². The number of rotatable bonds is 6. The topological polar surface area (TPSA) is 76.8 Å². The van der Waals surface area contributed by atoms with Crippen molar-refractivity contribution in [3.05, 3.63) is 29.3 Å². The van der Waals surface area contributed by atoms with Gasteiger partial charge in [0.15, 0.2) is 0 Å². The number of fused-ring (bicyclic) bond motifs is 3. The Morgan fingerprint density at radius 3 is 2.53 bits per heavy atom. The van der Waals surface area contributed by atoms with E-state index in [0.717, 1.165) is 36.8 Å². The summed E-state index contributed by atoms with van der Waals surface area (Å²) in [6.07, 6.45) is 0.663. The van der Waals surface area contributed by atoms with Crippen LogP contribution in [0.15, 0.2) is 18.2 Å². The number of alkyl halides is 3. The number of nitrogens with zero attached hydrogens (tertiary/aromatic N) is 1. The number of carbonyl (C=O) groups excluding carboxylic acids is 1. The lowest BCUT2D eigenvalue weighted by atomic mass is 9.61. The number of halogens is 3. The zero-order chi connectivity index (χ0) is 24.4. The fraction of sp³-hybridized carbons (Fsp3) is 0.720. The molecule has 3 fully saturated rings. The first-order chi connectivity index (χ1) is 16.0. The molecule has 3 aliphatic carbocycles. The largest absolute Gasteiger partial charge is 0.493 e. The number of amides is 1. The molecule has 1 amide bonds. The molecule has 0 bridgehead atoms. The number of carbonyl (C=O) groups is 1. The molecule has 3 N–H and O–H groups in total. The van der Waals surface area contributed by atoms with Gasteiger partial charge in [-0.05, 0) is 81.0 Å². The lowest BCUT2D eigenvalue weighted by Crippen LogP contribution is -2.62. The molecular weight excluding hydrogens is 447 g/mol. The van der Waals surface area contributed by atoms with Crippen molar-refractivity contribution in [2.45, 2.75) is 81.9 Å². The molecule has 9 heteroatoms. The maximum absolute atomic E-state index is 14.2. The quantitative estimate of drug-likeness (QED) is 0.646. The van der Waals surface area contributed by atoms with Crippen molar-refractivity contribution < 1.29 is 27.4 Å². The molecule has 34 heavy (non-hydrogen) atoms. The van der Waals surface area contributed by atoms with Crippen molar-refractivity contribution >= 4 is 5.91 Å². The smallest absolute Gasteiger partial charge is 0.390 e. The van der Waals surface area contributed by atoms with Crippen LogP contribution >= 0.6 is 0 Å². The minimum atomic E-state index is -4.38. The highest BCUT2D eigenvalue weighted by Gasteiger charge is 2.69. The highest BCUT2D eigenvalue weighted by atomic mass is 19.4. The van der Waals surface area contributed by atoms with Crippen molar-refractivity contribution in [2.75, 3.05) is 20.3 Å². The number of hydrogen-bond donors (Lipinski definition) is 2. The van der Waals surface area contributed by atoms with Gasteiger partial charge < -0.3 is 14.4 Å². The van der Waals surface area contributed by atoms with E-state index in [1.54, 1.807) is 14.0 Å². The number of benzene rings is 1. The van der Waals surface area contributed by atoms with Crippen LogP contribution in [-0.4, -0.2) is 49.1 Å². The summed E-state index contributed by atoms with van der Waals surface area (Å²) in [5.74, 6) is -0.500. The number of nitrogens with two attached hydrogens (primary N) is 1. The van der Waals surface area contributed by atoms with Gasteiger partial charge in [-0.1, -0.05) is 6.07 Å². The van der Waals surface area contributed by atoms with E-state index in [4.69, 9.17) is 15.2 Å². The van der Waals surface area contributed by atoms with Gasteiger partial charge in [0.25, 0.3) is 5.91 Å². The van der Waals surface area contributed by atoms with E-state index < -0.39 is 35.9 Å². The van der Waals surface area contributed by atoms with Gasteiger partial charge in [-0.25, -0.2) is 0 Å². The third-order valence-corrected chi connectivity index (χ3v) is 8.40. The third kappa shape index (κ3) is 3.89. The minimum absolute atomic E-state index is 0.117. The van der Waals surface area contributed by atoms with Crippen LogP contribution < -0.4 is 15.8 Å². The van der Waals surface area contributed by atoms with E-state index in [9.17, 15) is 18.0 Å². The fourth-order valence-electron chi connectivity index (χ4n) is 6.39. The summed E-state index contributed by atoms with van der Waals surface area (Å²) < 4.78 is 50.9. The standard InChI is InChI=1S/C25H34F3N3O3/c1-22(29)30-25(21(32)31(22)12-11-24(26,27)28)20-13-19(34-15-16-3-4-16)6-5-17(20)14-23(25)9-7-18(33-2)8-10-23/h5-6,13,16,18,30H,3-4,7-12,14-15,29H2,1-2H3. The third-order valence-electron chi connectivity index (χ3n) is 8.40. The second-order valence-corrected chi connectivity index (χ2v) is 10.8. The Morgan fingerprint density at radius 2 is 1.91 bits per heavy atom. The van der Waals surface area contributed by atoms with E-state index in [1.165, 1.54) is 17.7 Å². The Morgan fingerprint density at radius 1 is 1.21 bits per heavy atom. The van der Waals surface area contributed by atoms with Crippen molar-refractivity contribution in [2.24, 2.45) is 17.1 Å². The summed E-state index contributed by atoms with van der Waals surface area (Å²) in [6.45, 7) is 1.75. The van der Waals surface area contributed by atoms with Crippen LogP contribution in [0.3, 0.4) is 0 Å². The van der Waals surface area contributed by atoms with Crippen LogP contribution in [-0.2, 0) is 21.5 Å². The molecule has 188 valence electrons. The van der Waals surface area contributed by atoms with Crippen molar-refractivity contribution in [3.8, 4) is 5.75 Å². The van der Waals surface area contributed by atoms with E-state index in [1.807, 2.05) is 18.2 Å². The van der Waals surface area contributed by atoms with Gasteiger partial charge in [0.2, 0.25) is 0 Å². The number of methoxy groups -OCH3 is 1. The molecule has 2 spiro atoms. The molecule has 1 aromatic carbocycles. The first kappa shape index (κ1) is 23.9. The van der Waals surface area contributed by atoms with E-state index in [2.05, 4.69) is 5.32 Å². The molecule has 1 aromatic rings. The van der Waals surface area contributed by atoms with Crippen LogP contribution in [0.25, 0.3) is 0 Å². The monoisotopic (exact) mass is 481 g/mol. The Balaban J connectivity index is 1.55. The molecule has 1 heterocycles. The Bertz CT molecular complexity index is 954. The van der Waals surface area contributed by atoms with Crippen LogP contribution in [0, 0.1) is 11.3 Å². The molecule has 6 nitrogen and oxygen atoms in total. The van der Waals surface area contributed by atoms with Crippen molar-refractivity contribution in [1.82, 2.24) is 10.2 Å². The molecule has 0 radical (unpaired) electrons. The van der Waals surface area contributed by atoms with E-state index in [0.29, 0.717) is 24.7 Å². The Kier molecular flexibility index (Phi) is 5.69. The predicted octanol–water partition coefficient (Wildman–Crippen LogP) is 3.82. The molecule has 2 atom stereocenters. The molecule has 2 saturated carbocycles. The molecule has 0 aromatic heterocycles. The van der Waals surface area contributed by atoms with Gasteiger partial charge in [0, 0.05) is 19.1 Å². The minimum Gasteiger partial charge on any atom is -0.493 e. The Labute approximate surface area is 198 Å². The molecule has 2 unspecified atom stereocenters. The van der Waals surface area contributed by atoms with Crippen LogP contribution in [0.1, 0.15) is 63.0 Å². The van der Waals surface area contributed by atoms with Gasteiger partial charge in [0.05, 0.1) is 19.1 Å². The number of nitrogens with one attached hydrogen (secondary N) is 1. The summed E-state index contributed by atoms with van der Waals surface area (Å²) in [5.41, 5.74) is 6.68.